The summed E-state index contributed by atoms with van der Waals surface area (Å²) in [6.45, 7) is 1.28. The fourth-order valence-electron chi connectivity index (χ4n) is 3.44. The summed E-state index contributed by atoms with van der Waals surface area (Å²) in [5, 5.41) is 31.0. The average molecular weight is 375 g/mol. The van der Waals surface area contributed by atoms with Crippen LogP contribution in [0.25, 0.3) is 22.4 Å². The molecule has 0 radical (unpaired) electrons. The highest BCUT2D eigenvalue weighted by atomic mass is 16.3. The molecule has 2 aromatic heterocycles. The van der Waals surface area contributed by atoms with Gasteiger partial charge in [0.25, 0.3) is 0 Å². The quantitative estimate of drug-likeness (QED) is 0.471. The van der Waals surface area contributed by atoms with Gasteiger partial charge in [-0.2, -0.15) is 0 Å². The van der Waals surface area contributed by atoms with E-state index in [-0.39, 0.29) is 17.4 Å². The highest BCUT2D eigenvalue weighted by Crippen LogP contribution is 2.47. The molecule has 0 aliphatic heterocycles. The van der Waals surface area contributed by atoms with Crippen molar-refractivity contribution in [2.45, 2.75) is 19.5 Å². The van der Waals surface area contributed by atoms with Crippen LogP contribution in [0.3, 0.4) is 0 Å². The summed E-state index contributed by atoms with van der Waals surface area (Å²) in [4.78, 5) is 4.04. The Bertz CT molecular complexity index is 1050. The van der Waals surface area contributed by atoms with Crippen LogP contribution in [0.5, 0.6) is 17.4 Å². The maximum absolute atomic E-state index is 10.7. The topological polar surface area (TPSA) is 83.4 Å². The second-order valence-corrected chi connectivity index (χ2v) is 6.61. The van der Waals surface area contributed by atoms with Gasteiger partial charge in [0.1, 0.15) is 5.75 Å². The molecule has 0 atom stereocenters. The first kappa shape index (κ1) is 17.7. The molecule has 6 heteroatoms. The van der Waals surface area contributed by atoms with Crippen molar-refractivity contribution >= 4 is 0 Å². The van der Waals surface area contributed by atoms with Crippen molar-refractivity contribution in [3.05, 3.63) is 73.3 Å². The van der Waals surface area contributed by atoms with Gasteiger partial charge in [-0.3, -0.25) is 0 Å². The second kappa shape index (κ2) is 7.52. The normalized spacial score (nSPS) is 11.0. The standard InChI is InChI=1S/C22H21N3O3/c26-18-9-7-16(8-10-18)19-20(17-5-2-1-3-6-17)25(22(28)21(19)27)13-4-12-24-14-11-23-15-24/h1-3,5-11,14-15,26-28H,4,12-13H2. The predicted molar refractivity (Wildman–Crippen MR) is 107 cm³/mol. The van der Waals surface area contributed by atoms with Crippen molar-refractivity contribution < 1.29 is 15.3 Å². The number of aromatic nitrogens is 3. The van der Waals surface area contributed by atoms with Gasteiger partial charge < -0.3 is 24.5 Å². The highest BCUT2D eigenvalue weighted by Gasteiger charge is 2.24. The Morgan fingerprint density at radius 1 is 0.821 bits per heavy atom. The molecule has 4 aromatic rings. The summed E-state index contributed by atoms with van der Waals surface area (Å²) < 4.78 is 3.72. The molecule has 0 fully saturated rings. The fraction of sp³-hybridized carbons (Fsp3) is 0.136. The molecule has 3 N–H and O–H groups in total. The minimum Gasteiger partial charge on any atom is -0.508 e. The van der Waals surface area contributed by atoms with E-state index in [1.807, 2.05) is 41.1 Å². The number of rotatable bonds is 6. The van der Waals surface area contributed by atoms with Crippen molar-refractivity contribution in [3.8, 4) is 39.8 Å². The van der Waals surface area contributed by atoms with E-state index in [9.17, 15) is 15.3 Å². The number of benzene rings is 2. The van der Waals surface area contributed by atoms with Crippen LogP contribution in [0.4, 0.5) is 0 Å². The molecule has 0 amide bonds. The molecular weight excluding hydrogens is 354 g/mol. The van der Waals surface area contributed by atoms with Crippen molar-refractivity contribution in [1.82, 2.24) is 14.1 Å². The summed E-state index contributed by atoms with van der Waals surface area (Å²) in [7, 11) is 0. The largest absolute Gasteiger partial charge is 0.508 e. The minimum absolute atomic E-state index is 0.147. The summed E-state index contributed by atoms with van der Waals surface area (Å²) in [5.41, 5.74) is 2.90. The van der Waals surface area contributed by atoms with Crippen LogP contribution >= 0.6 is 0 Å². The number of phenols is 1. The molecule has 0 saturated carbocycles. The van der Waals surface area contributed by atoms with E-state index in [1.165, 1.54) is 0 Å². The Balaban J connectivity index is 1.78. The van der Waals surface area contributed by atoms with E-state index in [0.29, 0.717) is 12.1 Å². The third-order valence-electron chi connectivity index (χ3n) is 4.77. The maximum Gasteiger partial charge on any atom is 0.235 e. The van der Waals surface area contributed by atoms with Crippen molar-refractivity contribution in [2.75, 3.05) is 0 Å². The first-order chi connectivity index (χ1) is 13.6. The molecule has 0 unspecified atom stereocenters. The molecule has 0 bridgehead atoms. The SMILES string of the molecule is Oc1ccc(-c2c(O)c(O)n(CCCn3ccnc3)c2-c2ccccc2)cc1. The zero-order valence-corrected chi connectivity index (χ0v) is 15.2. The molecule has 0 spiro atoms. The van der Waals surface area contributed by atoms with Gasteiger partial charge in [0.2, 0.25) is 5.88 Å². The third-order valence-corrected chi connectivity index (χ3v) is 4.77. The molecule has 28 heavy (non-hydrogen) atoms. The summed E-state index contributed by atoms with van der Waals surface area (Å²) in [5.74, 6) is -0.173. The molecule has 6 nitrogen and oxygen atoms in total. The number of hydrogen-bond donors (Lipinski definition) is 3. The smallest absolute Gasteiger partial charge is 0.235 e. The minimum atomic E-state index is -0.160. The number of nitrogens with zero attached hydrogens (tertiary/aromatic N) is 3. The Morgan fingerprint density at radius 3 is 2.25 bits per heavy atom. The molecule has 4 rings (SSSR count). The first-order valence-electron chi connectivity index (χ1n) is 9.10. The van der Waals surface area contributed by atoms with E-state index >= 15 is 0 Å². The number of imidazole rings is 1. The summed E-state index contributed by atoms with van der Waals surface area (Å²) in [6, 6.07) is 16.3. The molecule has 2 heterocycles. The number of aryl methyl sites for hydroxylation is 1. The lowest BCUT2D eigenvalue weighted by molar-refractivity contribution is 0.369. The van der Waals surface area contributed by atoms with Gasteiger partial charge in [-0.05, 0) is 29.7 Å². The first-order valence-corrected chi connectivity index (χ1v) is 9.10. The third kappa shape index (κ3) is 3.32. The zero-order valence-electron chi connectivity index (χ0n) is 15.2. The van der Waals surface area contributed by atoms with Gasteiger partial charge in [-0.15, -0.1) is 0 Å². The number of aromatic hydroxyl groups is 3. The van der Waals surface area contributed by atoms with Gasteiger partial charge in [-0.1, -0.05) is 42.5 Å². The Hall–Kier alpha value is -3.67. The molecular formula is C22H21N3O3. The van der Waals surface area contributed by atoms with E-state index in [1.54, 1.807) is 41.4 Å². The van der Waals surface area contributed by atoms with Crippen LogP contribution in [0.2, 0.25) is 0 Å². The highest BCUT2D eigenvalue weighted by molar-refractivity contribution is 5.88. The molecule has 142 valence electrons. The van der Waals surface area contributed by atoms with Gasteiger partial charge in [0.15, 0.2) is 5.75 Å². The lowest BCUT2D eigenvalue weighted by Crippen LogP contribution is -2.04. The monoisotopic (exact) mass is 375 g/mol. The molecule has 0 aliphatic rings. The maximum atomic E-state index is 10.7. The van der Waals surface area contributed by atoms with Gasteiger partial charge in [0, 0.05) is 25.5 Å². The Morgan fingerprint density at radius 2 is 1.57 bits per heavy atom. The van der Waals surface area contributed by atoms with Crippen molar-refractivity contribution in [2.24, 2.45) is 0 Å². The van der Waals surface area contributed by atoms with Gasteiger partial charge >= 0.3 is 0 Å². The second-order valence-electron chi connectivity index (χ2n) is 6.61. The van der Waals surface area contributed by atoms with Crippen LogP contribution in [0.15, 0.2) is 73.3 Å². The molecule has 0 aliphatic carbocycles. The predicted octanol–water partition coefficient (Wildman–Crippen LogP) is 4.23. The van der Waals surface area contributed by atoms with E-state index in [2.05, 4.69) is 4.98 Å². The lowest BCUT2D eigenvalue weighted by Gasteiger charge is -2.12. The van der Waals surface area contributed by atoms with E-state index < -0.39 is 0 Å². The Labute approximate surface area is 162 Å². The Kier molecular flexibility index (Phi) is 4.76. The van der Waals surface area contributed by atoms with Crippen LogP contribution in [-0.2, 0) is 13.1 Å². The summed E-state index contributed by atoms with van der Waals surface area (Å²) >= 11 is 0. The van der Waals surface area contributed by atoms with Crippen molar-refractivity contribution in [3.63, 3.8) is 0 Å². The molecule has 0 saturated heterocycles. The van der Waals surface area contributed by atoms with Crippen LogP contribution in [0, 0.1) is 0 Å². The van der Waals surface area contributed by atoms with Crippen LogP contribution in [0.1, 0.15) is 6.42 Å². The molecule has 2 aromatic carbocycles. The van der Waals surface area contributed by atoms with E-state index in [0.717, 1.165) is 29.8 Å². The van der Waals surface area contributed by atoms with Crippen LogP contribution < -0.4 is 0 Å². The van der Waals surface area contributed by atoms with Gasteiger partial charge in [-0.25, -0.2) is 4.98 Å². The zero-order chi connectivity index (χ0) is 19.5. The summed E-state index contributed by atoms with van der Waals surface area (Å²) in [6.07, 6.45) is 6.14. The van der Waals surface area contributed by atoms with E-state index in [4.69, 9.17) is 0 Å². The van der Waals surface area contributed by atoms with Crippen LogP contribution in [-0.4, -0.2) is 29.4 Å². The fourth-order valence-corrected chi connectivity index (χ4v) is 3.44. The average Bonchev–Trinajstić information content (AvgIpc) is 3.32. The number of phenolic OH excluding ortho intramolecular Hbond substituents is 1. The van der Waals surface area contributed by atoms with Crippen molar-refractivity contribution in [1.29, 1.82) is 0 Å². The van der Waals surface area contributed by atoms with Gasteiger partial charge in [0.05, 0.1) is 17.6 Å². The lowest BCUT2D eigenvalue weighted by atomic mass is 10.0. The number of hydrogen-bond acceptors (Lipinski definition) is 4.